The van der Waals surface area contributed by atoms with Gasteiger partial charge in [0.25, 0.3) is 0 Å². The second-order valence-corrected chi connectivity index (χ2v) is 3.20. The molecule has 0 nitrogen and oxygen atoms in total. The van der Waals surface area contributed by atoms with E-state index in [1.165, 1.54) is 5.56 Å². The van der Waals surface area contributed by atoms with Gasteiger partial charge in [-0.25, -0.2) is 0 Å². The summed E-state index contributed by atoms with van der Waals surface area (Å²) in [4.78, 5) is 0. The van der Waals surface area contributed by atoms with Crippen LogP contribution in [0.2, 0.25) is 5.02 Å². The van der Waals surface area contributed by atoms with Crippen molar-refractivity contribution in [1.29, 1.82) is 0 Å². The van der Waals surface area contributed by atoms with Crippen LogP contribution in [0.1, 0.15) is 0 Å². The first-order valence-corrected chi connectivity index (χ1v) is 4.47. The van der Waals surface area contributed by atoms with E-state index < -0.39 is 0 Å². The summed E-state index contributed by atoms with van der Waals surface area (Å²) in [7, 11) is 0. The molecular weight excluding hydrogens is 180 g/mol. The summed E-state index contributed by atoms with van der Waals surface area (Å²) >= 11 is 5.84. The molecule has 0 amide bonds. The Morgan fingerprint density at radius 1 is 0.923 bits per heavy atom. The zero-order chi connectivity index (χ0) is 9.10. The minimum atomic E-state index is 0.654. The number of rotatable bonds is 1. The van der Waals surface area contributed by atoms with E-state index in [0.717, 1.165) is 5.56 Å². The maximum Gasteiger partial charge on any atom is 0.0491 e. The van der Waals surface area contributed by atoms with E-state index in [2.05, 4.69) is 18.2 Å². The summed E-state index contributed by atoms with van der Waals surface area (Å²) in [5, 5.41) is 0.654. The van der Waals surface area contributed by atoms with Crippen molar-refractivity contribution in [1.82, 2.24) is 0 Å². The van der Waals surface area contributed by atoms with Gasteiger partial charge >= 0.3 is 0 Å². The molecule has 0 spiro atoms. The van der Waals surface area contributed by atoms with Crippen LogP contribution in [0, 0.1) is 6.07 Å². The Morgan fingerprint density at radius 3 is 2.38 bits per heavy atom. The van der Waals surface area contributed by atoms with Crippen LogP contribution in [0.5, 0.6) is 0 Å². The van der Waals surface area contributed by atoms with Crippen molar-refractivity contribution in [3.63, 3.8) is 0 Å². The van der Waals surface area contributed by atoms with Crippen molar-refractivity contribution < 1.29 is 0 Å². The summed E-state index contributed by atoms with van der Waals surface area (Å²) in [6.07, 6.45) is 0. The Hall–Kier alpha value is -1.27. The van der Waals surface area contributed by atoms with Crippen molar-refractivity contribution in [3.05, 3.63) is 59.6 Å². The molecule has 0 bridgehead atoms. The van der Waals surface area contributed by atoms with Gasteiger partial charge in [0.1, 0.15) is 0 Å². The Bertz CT molecular complexity index is 393. The predicted octanol–water partition coefficient (Wildman–Crippen LogP) is 3.81. The lowest BCUT2D eigenvalue weighted by atomic mass is 10.1. The molecule has 2 aromatic rings. The SMILES string of the molecule is Clc1[c]ccc(-c2ccccc2)c1. The molecule has 0 aromatic heterocycles. The van der Waals surface area contributed by atoms with Crippen LogP contribution < -0.4 is 0 Å². The van der Waals surface area contributed by atoms with Crippen LogP contribution >= 0.6 is 11.6 Å². The van der Waals surface area contributed by atoms with Gasteiger partial charge in [-0.1, -0.05) is 54.1 Å². The van der Waals surface area contributed by atoms with E-state index >= 15 is 0 Å². The minimum absolute atomic E-state index is 0.654. The van der Waals surface area contributed by atoms with Gasteiger partial charge in [-0.05, 0) is 17.2 Å². The molecule has 0 aliphatic heterocycles. The largest absolute Gasteiger partial charge is 0.0836 e. The van der Waals surface area contributed by atoms with Crippen molar-refractivity contribution >= 4 is 11.6 Å². The van der Waals surface area contributed by atoms with E-state index in [1.54, 1.807) is 0 Å². The molecule has 0 atom stereocenters. The van der Waals surface area contributed by atoms with Gasteiger partial charge in [0.05, 0.1) is 0 Å². The second kappa shape index (κ2) is 3.63. The van der Waals surface area contributed by atoms with E-state index in [-0.39, 0.29) is 0 Å². The molecule has 0 N–H and O–H groups in total. The third-order valence-corrected chi connectivity index (χ3v) is 2.09. The first-order valence-electron chi connectivity index (χ1n) is 4.09. The van der Waals surface area contributed by atoms with Gasteiger partial charge in [-0.2, -0.15) is 0 Å². The van der Waals surface area contributed by atoms with Gasteiger partial charge < -0.3 is 0 Å². The van der Waals surface area contributed by atoms with Crippen LogP contribution in [0.3, 0.4) is 0 Å². The number of halogens is 1. The highest BCUT2D eigenvalue weighted by atomic mass is 35.5. The Labute approximate surface area is 82.8 Å². The maximum absolute atomic E-state index is 5.84. The highest BCUT2D eigenvalue weighted by Crippen LogP contribution is 2.21. The lowest BCUT2D eigenvalue weighted by Crippen LogP contribution is -1.75. The molecule has 63 valence electrons. The monoisotopic (exact) mass is 187 g/mol. The van der Waals surface area contributed by atoms with Crippen LogP contribution in [0.4, 0.5) is 0 Å². The number of benzene rings is 2. The van der Waals surface area contributed by atoms with Gasteiger partial charge in [-0.15, -0.1) is 0 Å². The van der Waals surface area contributed by atoms with Gasteiger partial charge in [0, 0.05) is 11.1 Å². The molecule has 0 saturated heterocycles. The van der Waals surface area contributed by atoms with Crippen molar-refractivity contribution in [2.24, 2.45) is 0 Å². The van der Waals surface area contributed by atoms with Crippen LogP contribution in [0.15, 0.2) is 48.5 Å². The summed E-state index contributed by atoms with van der Waals surface area (Å²) in [5.41, 5.74) is 2.31. The lowest BCUT2D eigenvalue weighted by molar-refractivity contribution is 1.61. The Kier molecular flexibility index (Phi) is 2.33. The van der Waals surface area contributed by atoms with Crippen molar-refractivity contribution in [2.75, 3.05) is 0 Å². The quantitative estimate of drug-likeness (QED) is 0.637. The lowest BCUT2D eigenvalue weighted by Gasteiger charge is -2.00. The molecule has 2 rings (SSSR count). The van der Waals surface area contributed by atoms with Crippen LogP contribution in [-0.4, -0.2) is 0 Å². The topological polar surface area (TPSA) is 0 Å². The number of hydrogen-bond acceptors (Lipinski definition) is 0. The molecule has 13 heavy (non-hydrogen) atoms. The average molecular weight is 188 g/mol. The first-order chi connectivity index (χ1) is 6.36. The first kappa shape index (κ1) is 8.33. The van der Waals surface area contributed by atoms with Gasteiger partial charge in [0.15, 0.2) is 0 Å². The normalized spacial score (nSPS) is 9.92. The summed E-state index contributed by atoms with van der Waals surface area (Å²) in [6.45, 7) is 0. The van der Waals surface area contributed by atoms with Gasteiger partial charge in [0.2, 0.25) is 0 Å². The fourth-order valence-electron chi connectivity index (χ4n) is 1.25. The number of hydrogen-bond donors (Lipinski definition) is 0. The van der Waals surface area contributed by atoms with E-state index in [9.17, 15) is 0 Å². The predicted molar refractivity (Wildman–Crippen MR) is 55.7 cm³/mol. The molecule has 0 aliphatic rings. The average Bonchev–Trinajstić information content (AvgIpc) is 2.19. The van der Waals surface area contributed by atoms with Crippen molar-refractivity contribution in [2.45, 2.75) is 0 Å². The molecule has 2 aromatic carbocycles. The molecule has 0 heterocycles. The van der Waals surface area contributed by atoms with Crippen LogP contribution in [-0.2, 0) is 0 Å². The third-order valence-electron chi connectivity index (χ3n) is 1.87. The van der Waals surface area contributed by atoms with E-state index in [0.29, 0.717) is 5.02 Å². The third kappa shape index (κ3) is 1.90. The summed E-state index contributed by atoms with van der Waals surface area (Å²) in [5.74, 6) is 0. The summed E-state index contributed by atoms with van der Waals surface area (Å²) < 4.78 is 0. The molecule has 1 heteroatoms. The zero-order valence-electron chi connectivity index (χ0n) is 7.00. The molecule has 0 aliphatic carbocycles. The summed E-state index contributed by atoms with van der Waals surface area (Å²) in [6, 6.07) is 18.8. The zero-order valence-corrected chi connectivity index (χ0v) is 7.75. The smallest absolute Gasteiger partial charge is 0.0491 e. The van der Waals surface area contributed by atoms with E-state index in [4.69, 9.17) is 11.6 Å². The molecule has 0 unspecified atom stereocenters. The Morgan fingerprint density at radius 2 is 1.69 bits per heavy atom. The molecular formula is C12H8Cl. The maximum atomic E-state index is 5.84. The van der Waals surface area contributed by atoms with Crippen molar-refractivity contribution in [3.8, 4) is 11.1 Å². The fourth-order valence-corrected chi connectivity index (χ4v) is 1.43. The Balaban J connectivity index is 2.48. The highest BCUT2D eigenvalue weighted by Gasteiger charge is 1.95. The van der Waals surface area contributed by atoms with Gasteiger partial charge in [-0.3, -0.25) is 0 Å². The highest BCUT2D eigenvalue weighted by molar-refractivity contribution is 6.30. The molecule has 0 saturated carbocycles. The van der Waals surface area contributed by atoms with Crippen LogP contribution in [0.25, 0.3) is 11.1 Å². The molecule has 0 fully saturated rings. The fraction of sp³-hybridized carbons (Fsp3) is 0. The van der Waals surface area contributed by atoms with E-state index in [1.807, 2.05) is 36.4 Å². The second-order valence-electron chi connectivity index (χ2n) is 2.79. The standard InChI is InChI=1S/C12H8Cl/c13-12-8-4-7-11(9-12)10-5-2-1-3-6-10/h1-7,9H. The molecule has 1 radical (unpaired) electrons. The minimum Gasteiger partial charge on any atom is -0.0836 e.